The lowest BCUT2D eigenvalue weighted by Crippen LogP contribution is -2.70. The maximum Gasteiger partial charge on any atom is 0.345 e. The van der Waals surface area contributed by atoms with E-state index in [1.807, 2.05) is 37.3 Å². The van der Waals surface area contributed by atoms with Crippen molar-refractivity contribution in [3.63, 3.8) is 0 Å². The summed E-state index contributed by atoms with van der Waals surface area (Å²) in [6.07, 6.45) is 7.27. The highest BCUT2D eigenvalue weighted by Crippen LogP contribution is 2.26. The molecular weight excluding hydrogens is 524 g/mol. The van der Waals surface area contributed by atoms with E-state index >= 15 is 0 Å². The number of amides is 4. The Balaban J connectivity index is 1.51. The van der Waals surface area contributed by atoms with Crippen molar-refractivity contribution in [2.45, 2.75) is 37.9 Å². The Morgan fingerprint density at radius 3 is 2.54 bits per heavy atom. The van der Waals surface area contributed by atoms with Gasteiger partial charge in [-0.3, -0.25) is 14.7 Å². The van der Waals surface area contributed by atoms with E-state index in [1.165, 1.54) is 12.0 Å². The van der Waals surface area contributed by atoms with Gasteiger partial charge in [-0.2, -0.15) is 0 Å². The van der Waals surface area contributed by atoms with Gasteiger partial charge in [-0.05, 0) is 61.7 Å². The van der Waals surface area contributed by atoms with E-state index in [9.17, 15) is 14.4 Å². The van der Waals surface area contributed by atoms with Crippen LogP contribution in [0.25, 0.3) is 0 Å². The highest BCUT2D eigenvalue weighted by atomic mass is 35.5. The van der Waals surface area contributed by atoms with Crippen molar-refractivity contribution in [2.75, 3.05) is 25.5 Å². The van der Waals surface area contributed by atoms with Crippen molar-refractivity contribution < 1.29 is 23.9 Å². The molecule has 2 unspecified atom stereocenters. The van der Waals surface area contributed by atoms with Gasteiger partial charge in [0.25, 0.3) is 0 Å². The molecule has 11 nitrogen and oxygen atoms in total. The normalized spacial score (nSPS) is 19.2. The predicted molar refractivity (Wildman–Crippen MR) is 146 cm³/mol. The van der Waals surface area contributed by atoms with Crippen molar-refractivity contribution in [3.05, 3.63) is 72.1 Å². The van der Waals surface area contributed by atoms with Gasteiger partial charge in [0.2, 0.25) is 6.29 Å². The van der Waals surface area contributed by atoms with E-state index in [4.69, 9.17) is 22.2 Å². The second kappa shape index (κ2) is 12.6. The fourth-order valence-electron chi connectivity index (χ4n) is 4.08. The highest BCUT2D eigenvalue weighted by Gasteiger charge is 2.43. The van der Waals surface area contributed by atoms with Crippen LogP contribution in [-0.2, 0) is 9.53 Å². The molecule has 4 rings (SSSR count). The zero-order valence-corrected chi connectivity index (χ0v) is 22.5. The number of hydrazine groups is 1. The molecule has 12 heteroatoms. The highest BCUT2D eigenvalue weighted by molar-refractivity contribution is 6.22. The number of esters is 1. The molecule has 1 aliphatic carbocycles. The van der Waals surface area contributed by atoms with Crippen LogP contribution >= 0.6 is 11.6 Å². The number of aromatic nitrogens is 1. The molecule has 2 heterocycles. The number of hydrogen-bond acceptors (Lipinski definition) is 8. The number of imide groups is 1. The number of carbonyl (C=O) groups is 3. The van der Waals surface area contributed by atoms with Crippen molar-refractivity contribution in [3.8, 4) is 11.5 Å². The minimum Gasteiger partial charge on any atom is -0.469 e. The van der Waals surface area contributed by atoms with E-state index < -0.39 is 24.3 Å². The van der Waals surface area contributed by atoms with Gasteiger partial charge >= 0.3 is 18.0 Å². The van der Waals surface area contributed by atoms with Gasteiger partial charge in [-0.15, -0.1) is 11.6 Å². The molecule has 2 atom stereocenters. The summed E-state index contributed by atoms with van der Waals surface area (Å²) in [6, 6.07) is 9.51. The van der Waals surface area contributed by atoms with E-state index in [0.29, 0.717) is 23.6 Å². The monoisotopic (exact) mass is 554 g/mol. The first-order valence-corrected chi connectivity index (χ1v) is 12.9. The number of nitrogens with zero attached hydrogens (tertiary/aromatic N) is 4. The number of pyridine rings is 1. The average molecular weight is 555 g/mol. The lowest BCUT2D eigenvalue weighted by atomic mass is 10.1. The first-order chi connectivity index (χ1) is 18.7. The third-order valence-electron chi connectivity index (χ3n) is 6.22. The van der Waals surface area contributed by atoms with Crippen LogP contribution in [0.5, 0.6) is 11.5 Å². The van der Waals surface area contributed by atoms with Crippen LogP contribution < -0.4 is 15.9 Å². The summed E-state index contributed by atoms with van der Waals surface area (Å²) in [5.74, 6) is 7.01. The van der Waals surface area contributed by atoms with Crippen LogP contribution in [0.2, 0.25) is 0 Å². The molecule has 39 heavy (non-hydrogen) atoms. The minimum absolute atomic E-state index is 0.0161. The largest absolute Gasteiger partial charge is 0.469 e. The van der Waals surface area contributed by atoms with Gasteiger partial charge in [-0.1, -0.05) is 18.2 Å². The molecule has 4 amide bonds. The molecule has 0 radical (unpaired) electrons. The summed E-state index contributed by atoms with van der Waals surface area (Å²) in [5.41, 5.74) is 2.36. The number of rotatable bonds is 10. The fraction of sp³-hybridized carbons (Fsp3) is 0.333. The lowest BCUT2D eigenvalue weighted by Gasteiger charge is -2.45. The number of aryl methyl sites for hydroxylation is 1. The number of urea groups is 2. The quantitative estimate of drug-likeness (QED) is 0.192. The molecule has 0 bridgehead atoms. The molecule has 2 aromatic rings. The summed E-state index contributed by atoms with van der Waals surface area (Å²) in [4.78, 5) is 44.9. The number of ether oxygens (including phenoxy) is 2. The third kappa shape index (κ3) is 7.06. The molecule has 0 saturated carbocycles. The van der Waals surface area contributed by atoms with Crippen LogP contribution in [0.1, 0.15) is 25.0 Å². The molecule has 3 N–H and O–H groups in total. The SMILES string of the molecule is COC(=O)CCCN1C(=O)N(N)C(Nc2ccc(Oc3ccc(C)nc3)cc2)N(CC2=CCC(Cl)C=C2)C1=O. The molecule has 2 aliphatic rings. The van der Waals surface area contributed by atoms with E-state index in [0.717, 1.165) is 21.2 Å². The van der Waals surface area contributed by atoms with Gasteiger partial charge in [0.05, 0.1) is 25.2 Å². The number of hydrogen-bond donors (Lipinski definition) is 2. The molecule has 0 spiro atoms. The number of nitrogens with two attached hydrogens (primary N) is 1. The topological polar surface area (TPSA) is 130 Å². The minimum atomic E-state index is -0.974. The van der Waals surface area contributed by atoms with Gasteiger partial charge in [0.15, 0.2) is 0 Å². The van der Waals surface area contributed by atoms with Crippen LogP contribution in [0.3, 0.4) is 0 Å². The average Bonchev–Trinajstić information content (AvgIpc) is 2.94. The van der Waals surface area contributed by atoms with Gasteiger partial charge in [-0.25, -0.2) is 25.3 Å². The number of nitrogens with one attached hydrogen (secondary N) is 1. The predicted octanol–water partition coefficient (Wildman–Crippen LogP) is 4.36. The number of methoxy groups -OCH3 is 1. The number of halogens is 1. The smallest absolute Gasteiger partial charge is 0.345 e. The molecule has 1 saturated heterocycles. The van der Waals surface area contributed by atoms with Crippen molar-refractivity contribution >= 4 is 35.3 Å². The van der Waals surface area contributed by atoms with Crippen molar-refractivity contribution in [1.82, 2.24) is 19.8 Å². The Morgan fingerprint density at radius 1 is 1.15 bits per heavy atom. The fourth-order valence-corrected chi connectivity index (χ4v) is 4.25. The molecular formula is C27H31ClN6O5. The van der Waals surface area contributed by atoms with Gasteiger partial charge in [0.1, 0.15) is 11.5 Å². The van der Waals surface area contributed by atoms with Crippen LogP contribution in [-0.4, -0.2) is 69.7 Å². The Bertz CT molecular complexity index is 1250. The van der Waals surface area contributed by atoms with Crippen LogP contribution in [0, 0.1) is 6.92 Å². The molecule has 1 aliphatic heterocycles. The standard InChI is InChI=1S/C27H31ClN6O5/c1-18-5-12-23(16-30-18)39-22-13-10-21(11-14-22)31-25-33(17-19-6-8-20(28)9-7-19)26(36)32(27(37)34(25)29)15-3-4-24(35)38-2/h5-8,10-14,16,20,25,31H,3-4,9,15,17,29H2,1-2H3. The lowest BCUT2D eigenvalue weighted by molar-refractivity contribution is -0.140. The molecule has 1 aromatic heterocycles. The van der Waals surface area contributed by atoms with Crippen LogP contribution in [0.4, 0.5) is 15.3 Å². The summed E-state index contributed by atoms with van der Waals surface area (Å²) < 4.78 is 10.5. The Morgan fingerprint density at radius 2 is 1.90 bits per heavy atom. The zero-order valence-electron chi connectivity index (χ0n) is 21.7. The number of benzene rings is 1. The van der Waals surface area contributed by atoms with Crippen LogP contribution in [0.15, 0.2) is 66.4 Å². The van der Waals surface area contributed by atoms with E-state index in [-0.39, 0.29) is 31.3 Å². The van der Waals surface area contributed by atoms with E-state index in [1.54, 1.807) is 30.5 Å². The maximum atomic E-state index is 13.5. The first-order valence-electron chi connectivity index (χ1n) is 12.5. The first kappa shape index (κ1) is 27.9. The summed E-state index contributed by atoms with van der Waals surface area (Å²) >= 11 is 6.16. The molecule has 1 aromatic carbocycles. The number of allylic oxidation sites excluding steroid dienone is 2. The summed E-state index contributed by atoms with van der Waals surface area (Å²) in [7, 11) is 1.29. The van der Waals surface area contributed by atoms with E-state index in [2.05, 4.69) is 15.0 Å². The Kier molecular flexibility index (Phi) is 9.05. The summed E-state index contributed by atoms with van der Waals surface area (Å²) in [6.45, 7) is 2.10. The zero-order chi connectivity index (χ0) is 27.9. The Labute approximate surface area is 231 Å². The van der Waals surface area contributed by atoms with Gasteiger partial charge in [0, 0.05) is 24.3 Å². The molecule has 1 fully saturated rings. The second-order valence-corrected chi connectivity index (χ2v) is 9.66. The maximum absolute atomic E-state index is 13.5. The summed E-state index contributed by atoms with van der Waals surface area (Å²) in [5, 5.41) is 4.04. The molecule has 206 valence electrons. The number of anilines is 1. The number of alkyl halides is 1. The third-order valence-corrected chi connectivity index (χ3v) is 6.55. The van der Waals surface area contributed by atoms with Gasteiger partial charge < -0.3 is 14.8 Å². The van der Waals surface area contributed by atoms with Crippen molar-refractivity contribution in [1.29, 1.82) is 0 Å². The Hall–Kier alpha value is -4.09. The second-order valence-electron chi connectivity index (χ2n) is 9.10. The van der Waals surface area contributed by atoms with Crippen molar-refractivity contribution in [2.24, 2.45) is 5.84 Å². The number of carbonyl (C=O) groups excluding carboxylic acids is 3.